The number of carbonyl (C=O) groups is 1. The molecule has 0 unspecified atom stereocenters. The summed E-state index contributed by atoms with van der Waals surface area (Å²) in [7, 11) is 1.30. The van der Waals surface area contributed by atoms with Gasteiger partial charge >= 0.3 is 5.97 Å². The Balaban J connectivity index is 2.46. The van der Waals surface area contributed by atoms with Crippen LogP contribution in [0.4, 0.5) is 0 Å². The Bertz CT molecular complexity index is 807. The number of para-hydroxylation sites is 1. The number of phenols is 1. The first-order valence-corrected chi connectivity index (χ1v) is 6.71. The molecule has 1 aromatic heterocycles. The third-order valence-electron chi connectivity index (χ3n) is 3.12. The van der Waals surface area contributed by atoms with Crippen LogP contribution in [0.15, 0.2) is 30.3 Å². The van der Waals surface area contributed by atoms with Gasteiger partial charge in [-0.2, -0.15) is 0 Å². The molecule has 0 spiro atoms. The van der Waals surface area contributed by atoms with Crippen molar-refractivity contribution in [1.29, 1.82) is 0 Å². The summed E-state index contributed by atoms with van der Waals surface area (Å²) >= 11 is 2.02. The number of benzene rings is 2. The molecule has 0 aliphatic carbocycles. The fourth-order valence-corrected chi connectivity index (χ4v) is 2.92. The summed E-state index contributed by atoms with van der Waals surface area (Å²) in [5.41, 5.74) is 1.98. The number of esters is 1. The van der Waals surface area contributed by atoms with E-state index in [1.807, 2.05) is 46.9 Å². The third kappa shape index (κ3) is 1.76. The number of carbonyl (C=O) groups excluding carboxylic acids is 1. The Morgan fingerprint density at radius 3 is 2.79 bits per heavy atom. The average molecular weight is 367 g/mol. The van der Waals surface area contributed by atoms with E-state index in [2.05, 4.69) is 4.98 Å². The Labute approximate surface area is 122 Å². The highest BCUT2D eigenvalue weighted by molar-refractivity contribution is 14.1. The normalized spacial score (nSPS) is 11.1. The number of halogens is 1. The molecular formula is C14H10INO3. The van der Waals surface area contributed by atoms with Crippen LogP contribution in [0.2, 0.25) is 0 Å². The second-order valence-electron chi connectivity index (χ2n) is 4.17. The van der Waals surface area contributed by atoms with Crippen molar-refractivity contribution in [3.63, 3.8) is 0 Å². The molecule has 96 valence electrons. The van der Waals surface area contributed by atoms with E-state index in [-0.39, 0.29) is 11.3 Å². The minimum atomic E-state index is -0.539. The SMILES string of the molecule is COC(=O)c1cc2c([nH]c3ccccc32)c(I)c1O. The van der Waals surface area contributed by atoms with E-state index in [1.165, 1.54) is 7.11 Å². The number of H-pyrrole nitrogens is 1. The molecule has 0 amide bonds. The van der Waals surface area contributed by atoms with Gasteiger partial charge in [-0.15, -0.1) is 0 Å². The summed E-state index contributed by atoms with van der Waals surface area (Å²) in [6.45, 7) is 0. The van der Waals surface area contributed by atoms with Crippen LogP contribution in [0.3, 0.4) is 0 Å². The second-order valence-corrected chi connectivity index (χ2v) is 5.25. The third-order valence-corrected chi connectivity index (χ3v) is 4.17. The fourth-order valence-electron chi connectivity index (χ4n) is 2.20. The molecule has 4 nitrogen and oxygen atoms in total. The molecule has 0 fully saturated rings. The van der Waals surface area contributed by atoms with E-state index < -0.39 is 5.97 Å². The summed E-state index contributed by atoms with van der Waals surface area (Å²) < 4.78 is 5.31. The number of fused-ring (bicyclic) bond motifs is 3. The van der Waals surface area contributed by atoms with E-state index in [0.717, 1.165) is 21.8 Å². The number of aromatic amines is 1. The summed E-state index contributed by atoms with van der Waals surface area (Å²) in [4.78, 5) is 14.9. The number of methoxy groups -OCH3 is 1. The molecule has 2 N–H and O–H groups in total. The van der Waals surface area contributed by atoms with Gasteiger partial charge in [0.15, 0.2) is 0 Å². The Hall–Kier alpha value is -1.76. The van der Waals surface area contributed by atoms with Crippen molar-refractivity contribution in [3.05, 3.63) is 39.5 Å². The molecule has 0 saturated carbocycles. The van der Waals surface area contributed by atoms with Crippen molar-refractivity contribution in [1.82, 2.24) is 4.98 Å². The van der Waals surface area contributed by atoms with Gasteiger partial charge in [-0.25, -0.2) is 4.79 Å². The standard InChI is InChI=1S/C14H10INO3/c1-19-14(18)9-6-8-7-4-2-3-5-10(7)16-12(8)11(15)13(9)17/h2-6,16-17H,1H3. The molecule has 0 saturated heterocycles. The van der Waals surface area contributed by atoms with E-state index in [9.17, 15) is 9.90 Å². The summed E-state index contributed by atoms with van der Waals surface area (Å²) in [6.07, 6.45) is 0. The quantitative estimate of drug-likeness (QED) is 0.512. The molecule has 5 heteroatoms. The first-order chi connectivity index (χ1) is 9.13. The highest BCUT2D eigenvalue weighted by atomic mass is 127. The predicted octanol–water partition coefficient (Wildman–Crippen LogP) is 3.42. The van der Waals surface area contributed by atoms with Crippen molar-refractivity contribution < 1.29 is 14.6 Å². The monoisotopic (exact) mass is 367 g/mol. The second kappa shape index (κ2) is 4.41. The molecule has 0 radical (unpaired) electrons. The summed E-state index contributed by atoms with van der Waals surface area (Å²) in [6, 6.07) is 9.47. The van der Waals surface area contributed by atoms with E-state index in [0.29, 0.717) is 3.57 Å². The van der Waals surface area contributed by atoms with Crippen LogP contribution >= 0.6 is 22.6 Å². The maximum absolute atomic E-state index is 11.7. The zero-order valence-corrected chi connectivity index (χ0v) is 12.2. The van der Waals surface area contributed by atoms with Crippen molar-refractivity contribution in [3.8, 4) is 5.75 Å². The van der Waals surface area contributed by atoms with Gasteiger partial charge in [0.25, 0.3) is 0 Å². The fraction of sp³-hybridized carbons (Fsp3) is 0.0714. The number of ether oxygens (including phenoxy) is 1. The van der Waals surface area contributed by atoms with Gasteiger partial charge in [-0.3, -0.25) is 0 Å². The van der Waals surface area contributed by atoms with Crippen LogP contribution in [0.5, 0.6) is 5.75 Å². The zero-order valence-electron chi connectivity index (χ0n) is 10.0. The maximum atomic E-state index is 11.7. The van der Waals surface area contributed by atoms with Crippen LogP contribution in [-0.4, -0.2) is 23.2 Å². The van der Waals surface area contributed by atoms with E-state index in [1.54, 1.807) is 6.07 Å². The molecule has 0 aliphatic rings. The lowest BCUT2D eigenvalue weighted by atomic mass is 10.1. The molecule has 19 heavy (non-hydrogen) atoms. The van der Waals surface area contributed by atoms with Gasteiger partial charge in [-0.05, 0) is 34.7 Å². The van der Waals surface area contributed by atoms with Crippen LogP contribution < -0.4 is 0 Å². The lowest BCUT2D eigenvalue weighted by Gasteiger charge is -2.05. The van der Waals surface area contributed by atoms with Gasteiger partial charge in [0.1, 0.15) is 11.3 Å². The molecule has 3 aromatic rings. The molecule has 0 atom stereocenters. The van der Waals surface area contributed by atoms with Gasteiger partial charge < -0.3 is 14.8 Å². The minimum Gasteiger partial charge on any atom is -0.506 e. The van der Waals surface area contributed by atoms with Gasteiger partial charge in [0, 0.05) is 16.3 Å². The van der Waals surface area contributed by atoms with E-state index in [4.69, 9.17) is 4.74 Å². The highest BCUT2D eigenvalue weighted by Gasteiger charge is 2.19. The minimum absolute atomic E-state index is 0.0495. The topological polar surface area (TPSA) is 62.3 Å². The Morgan fingerprint density at radius 1 is 1.32 bits per heavy atom. The van der Waals surface area contributed by atoms with Crippen LogP contribution in [0.1, 0.15) is 10.4 Å². The van der Waals surface area contributed by atoms with Crippen molar-refractivity contribution in [2.45, 2.75) is 0 Å². The lowest BCUT2D eigenvalue weighted by molar-refractivity contribution is 0.0597. The highest BCUT2D eigenvalue weighted by Crippen LogP contribution is 2.36. The number of phenolic OH excluding ortho intramolecular Hbond substituents is 1. The largest absolute Gasteiger partial charge is 0.506 e. The number of nitrogens with one attached hydrogen (secondary N) is 1. The summed E-state index contributed by atoms with van der Waals surface area (Å²) in [5, 5.41) is 12.0. The van der Waals surface area contributed by atoms with E-state index >= 15 is 0 Å². The number of aromatic hydroxyl groups is 1. The van der Waals surface area contributed by atoms with Gasteiger partial charge in [-0.1, -0.05) is 18.2 Å². The average Bonchev–Trinajstić information content (AvgIpc) is 2.81. The Morgan fingerprint density at radius 2 is 2.05 bits per heavy atom. The van der Waals surface area contributed by atoms with Crippen molar-refractivity contribution in [2.75, 3.05) is 7.11 Å². The van der Waals surface area contributed by atoms with Gasteiger partial charge in [0.2, 0.25) is 0 Å². The molecule has 0 aliphatic heterocycles. The molecular weight excluding hydrogens is 357 g/mol. The first-order valence-electron chi connectivity index (χ1n) is 5.63. The maximum Gasteiger partial charge on any atom is 0.341 e. The zero-order chi connectivity index (χ0) is 13.6. The number of hydrogen-bond donors (Lipinski definition) is 2. The molecule has 2 aromatic carbocycles. The van der Waals surface area contributed by atoms with Crippen LogP contribution in [0, 0.1) is 3.57 Å². The summed E-state index contributed by atoms with van der Waals surface area (Å²) in [5.74, 6) is -0.589. The molecule has 1 heterocycles. The number of rotatable bonds is 1. The predicted molar refractivity (Wildman–Crippen MR) is 81.5 cm³/mol. The van der Waals surface area contributed by atoms with Crippen molar-refractivity contribution in [2.24, 2.45) is 0 Å². The molecule has 0 bridgehead atoms. The Kier molecular flexibility index (Phi) is 2.85. The first kappa shape index (κ1) is 12.3. The van der Waals surface area contributed by atoms with Crippen molar-refractivity contribution >= 4 is 50.4 Å². The van der Waals surface area contributed by atoms with Crippen LogP contribution in [0.25, 0.3) is 21.8 Å². The van der Waals surface area contributed by atoms with Gasteiger partial charge in [0.05, 0.1) is 16.2 Å². The van der Waals surface area contributed by atoms with Crippen LogP contribution in [-0.2, 0) is 4.74 Å². The number of hydrogen-bond acceptors (Lipinski definition) is 3. The lowest BCUT2D eigenvalue weighted by Crippen LogP contribution is -2.02. The molecule has 3 rings (SSSR count). The number of aromatic nitrogens is 1. The smallest absolute Gasteiger partial charge is 0.341 e.